The highest BCUT2D eigenvalue weighted by Crippen LogP contribution is 2.33. The Balaban J connectivity index is 2.50. The maximum Gasteiger partial charge on any atom is 0.249 e. The van der Waals surface area contributed by atoms with E-state index in [2.05, 4.69) is 18.3 Å². The first-order valence-corrected chi connectivity index (χ1v) is 5.29. The Kier molecular flexibility index (Phi) is 2.39. The first-order chi connectivity index (χ1) is 7.15. The molecule has 3 nitrogen and oxygen atoms in total. The molecule has 1 aromatic carbocycles. The maximum atomic E-state index is 11.9. The van der Waals surface area contributed by atoms with Crippen LogP contribution in [-0.4, -0.2) is 19.0 Å². The van der Waals surface area contributed by atoms with Crippen LogP contribution in [0.4, 0.5) is 11.4 Å². The molecule has 80 valence electrons. The molecule has 0 bridgehead atoms. The number of benzene rings is 1. The van der Waals surface area contributed by atoms with E-state index in [-0.39, 0.29) is 11.9 Å². The molecule has 1 N–H and O–H groups in total. The second kappa shape index (κ2) is 3.57. The molecule has 0 aromatic heterocycles. The molecule has 0 spiro atoms. The molecule has 0 saturated heterocycles. The average Bonchev–Trinajstić information content (AvgIpc) is 2.24. The van der Waals surface area contributed by atoms with Crippen molar-refractivity contribution in [1.82, 2.24) is 0 Å². The van der Waals surface area contributed by atoms with Crippen molar-refractivity contribution in [2.45, 2.75) is 26.3 Å². The molecule has 1 amide bonds. The van der Waals surface area contributed by atoms with Crippen LogP contribution in [0.15, 0.2) is 18.2 Å². The number of para-hydroxylation sites is 1. The van der Waals surface area contributed by atoms with E-state index in [1.807, 2.05) is 26.1 Å². The number of likely N-dealkylation sites (N-methyl/N-ethyl adjacent to an activating group) is 1. The lowest BCUT2D eigenvalue weighted by molar-refractivity contribution is -0.119. The smallest absolute Gasteiger partial charge is 0.249 e. The van der Waals surface area contributed by atoms with Gasteiger partial charge in [-0.3, -0.25) is 4.79 Å². The van der Waals surface area contributed by atoms with E-state index < -0.39 is 0 Å². The molecule has 1 aliphatic rings. The van der Waals surface area contributed by atoms with E-state index in [0.29, 0.717) is 0 Å². The van der Waals surface area contributed by atoms with Crippen molar-refractivity contribution in [3.8, 4) is 0 Å². The molecule has 1 unspecified atom stereocenters. The molecule has 1 atom stereocenters. The standard InChI is InChI=1S/C12H16N2O/c1-4-9-12(15)14(3)10-7-5-6-8(2)11(10)13-9/h5-7,9,13H,4H2,1-3H3. The number of fused-ring (bicyclic) bond motifs is 1. The highest BCUT2D eigenvalue weighted by atomic mass is 16.2. The summed E-state index contributed by atoms with van der Waals surface area (Å²) in [6.45, 7) is 4.08. The van der Waals surface area contributed by atoms with Gasteiger partial charge in [0.25, 0.3) is 0 Å². The zero-order valence-electron chi connectivity index (χ0n) is 9.37. The predicted molar refractivity (Wildman–Crippen MR) is 62.3 cm³/mol. The molecule has 3 heteroatoms. The number of rotatable bonds is 1. The Hall–Kier alpha value is -1.51. The highest BCUT2D eigenvalue weighted by Gasteiger charge is 2.29. The van der Waals surface area contributed by atoms with Crippen molar-refractivity contribution in [2.75, 3.05) is 17.3 Å². The van der Waals surface area contributed by atoms with Crippen molar-refractivity contribution in [1.29, 1.82) is 0 Å². The Morgan fingerprint density at radius 3 is 2.87 bits per heavy atom. The van der Waals surface area contributed by atoms with E-state index in [1.165, 1.54) is 5.56 Å². The number of amides is 1. The summed E-state index contributed by atoms with van der Waals surface area (Å²) in [4.78, 5) is 13.6. The molecule has 0 aliphatic carbocycles. The van der Waals surface area contributed by atoms with Crippen LogP contribution in [0.25, 0.3) is 0 Å². The zero-order valence-corrected chi connectivity index (χ0v) is 9.37. The van der Waals surface area contributed by atoms with Crippen molar-refractivity contribution in [3.05, 3.63) is 23.8 Å². The lowest BCUT2D eigenvalue weighted by Gasteiger charge is -2.33. The molecular weight excluding hydrogens is 188 g/mol. The summed E-state index contributed by atoms with van der Waals surface area (Å²) >= 11 is 0. The normalized spacial score (nSPS) is 19.8. The molecule has 2 rings (SSSR count). The largest absolute Gasteiger partial charge is 0.372 e. The first-order valence-electron chi connectivity index (χ1n) is 5.29. The molecule has 1 aromatic rings. The Bertz CT molecular complexity index is 401. The van der Waals surface area contributed by atoms with Gasteiger partial charge in [0.15, 0.2) is 0 Å². The molecule has 0 saturated carbocycles. The van der Waals surface area contributed by atoms with E-state index in [1.54, 1.807) is 4.90 Å². The van der Waals surface area contributed by atoms with Crippen LogP contribution in [-0.2, 0) is 4.79 Å². The molecule has 0 radical (unpaired) electrons. The molecule has 1 heterocycles. The summed E-state index contributed by atoms with van der Waals surface area (Å²) in [5.74, 6) is 0.149. The fraction of sp³-hybridized carbons (Fsp3) is 0.417. The minimum atomic E-state index is -0.0800. The van der Waals surface area contributed by atoms with E-state index in [4.69, 9.17) is 0 Å². The average molecular weight is 204 g/mol. The Labute approximate surface area is 90.1 Å². The summed E-state index contributed by atoms with van der Waals surface area (Å²) in [5, 5.41) is 3.30. The lowest BCUT2D eigenvalue weighted by atomic mass is 10.0. The van der Waals surface area contributed by atoms with Gasteiger partial charge < -0.3 is 10.2 Å². The van der Waals surface area contributed by atoms with Gasteiger partial charge >= 0.3 is 0 Å². The number of hydrogen-bond donors (Lipinski definition) is 1. The van der Waals surface area contributed by atoms with Crippen LogP contribution in [0, 0.1) is 6.92 Å². The van der Waals surface area contributed by atoms with E-state index in [0.717, 1.165) is 17.8 Å². The van der Waals surface area contributed by atoms with Gasteiger partial charge in [0.05, 0.1) is 11.4 Å². The fourth-order valence-electron chi connectivity index (χ4n) is 1.98. The van der Waals surface area contributed by atoms with Crippen molar-refractivity contribution >= 4 is 17.3 Å². The molecule has 15 heavy (non-hydrogen) atoms. The quantitative estimate of drug-likeness (QED) is 0.760. The van der Waals surface area contributed by atoms with Gasteiger partial charge in [0.1, 0.15) is 6.04 Å². The first kappa shape index (κ1) is 10.0. The summed E-state index contributed by atoms with van der Waals surface area (Å²) < 4.78 is 0. The predicted octanol–water partition coefficient (Wildman–Crippen LogP) is 2.16. The summed E-state index contributed by atoms with van der Waals surface area (Å²) in [5.41, 5.74) is 3.25. The number of anilines is 2. The van der Waals surface area contributed by atoms with Gasteiger partial charge in [-0.15, -0.1) is 0 Å². The highest BCUT2D eigenvalue weighted by molar-refractivity contribution is 6.05. The molecule has 0 fully saturated rings. The summed E-state index contributed by atoms with van der Waals surface area (Å²) in [6, 6.07) is 5.93. The number of nitrogens with one attached hydrogen (secondary N) is 1. The second-order valence-corrected chi connectivity index (χ2v) is 3.97. The summed E-state index contributed by atoms with van der Waals surface area (Å²) in [7, 11) is 1.84. The van der Waals surface area contributed by atoms with Crippen LogP contribution >= 0.6 is 0 Å². The van der Waals surface area contributed by atoms with Crippen molar-refractivity contribution < 1.29 is 4.79 Å². The van der Waals surface area contributed by atoms with Crippen molar-refractivity contribution in [2.24, 2.45) is 0 Å². The number of carbonyl (C=O) groups is 1. The van der Waals surface area contributed by atoms with Gasteiger partial charge in [-0.1, -0.05) is 19.1 Å². The van der Waals surface area contributed by atoms with Crippen LogP contribution in [0.3, 0.4) is 0 Å². The monoisotopic (exact) mass is 204 g/mol. The van der Waals surface area contributed by atoms with E-state index >= 15 is 0 Å². The van der Waals surface area contributed by atoms with Gasteiger partial charge in [0.2, 0.25) is 5.91 Å². The Morgan fingerprint density at radius 2 is 2.20 bits per heavy atom. The SMILES string of the molecule is CCC1Nc2c(C)cccc2N(C)C1=O. The van der Waals surface area contributed by atoms with Crippen LogP contribution in [0.5, 0.6) is 0 Å². The van der Waals surface area contributed by atoms with Crippen LogP contribution in [0.2, 0.25) is 0 Å². The number of nitrogens with zero attached hydrogens (tertiary/aromatic N) is 1. The second-order valence-electron chi connectivity index (χ2n) is 3.97. The third-order valence-corrected chi connectivity index (χ3v) is 2.97. The van der Waals surface area contributed by atoms with Gasteiger partial charge in [-0.05, 0) is 25.0 Å². The fourth-order valence-corrected chi connectivity index (χ4v) is 1.98. The van der Waals surface area contributed by atoms with Gasteiger partial charge in [-0.25, -0.2) is 0 Å². The minimum Gasteiger partial charge on any atom is -0.372 e. The van der Waals surface area contributed by atoms with Gasteiger partial charge in [-0.2, -0.15) is 0 Å². The minimum absolute atomic E-state index is 0.0800. The number of aryl methyl sites for hydroxylation is 1. The summed E-state index contributed by atoms with van der Waals surface area (Å²) in [6.07, 6.45) is 0.816. The maximum absolute atomic E-state index is 11.9. The van der Waals surface area contributed by atoms with Gasteiger partial charge in [0, 0.05) is 7.05 Å². The third-order valence-electron chi connectivity index (χ3n) is 2.97. The number of hydrogen-bond acceptors (Lipinski definition) is 2. The lowest BCUT2D eigenvalue weighted by Crippen LogP contribution is -2.45. The zero-order chi connectivity index (χ0) is 11.0. The van der Waals surface area contributed by atoms with Crippen LogP contribution < -0.4 is 10.2 Å². The molecule has 1 aliphatic heterocycles. The number of carbonyl (C=O) groups excluding carboxylic acids is 1. The van der Waals surface area contributed by atoms with Crippen LogP contribution in [0.1, 0.15) is 18.9 Å². The Morgan fingerprint density at radius 1 is 1.47 bits per heavy atom. The topological polar surface area (TPSA) is 32.3 Å². The third kappa shape index (κ3) is 1.48. The molecular formula is C12H16N2O. The van der Waals surface area contributed by atoms with E-state index in [9.17, 15) is 4.79 Å². The van der Waals surface area contributed by atoms with Crippen molar-refractivity contribution in [3.63, 3.8) is 0 Å².